The van der Waals surface area contributed by atoms with Gasteiger partial charge in [-0.15, -0.1) is 0 Å². The first-order valence-electron chi connectivity index (χ1n) is 7.56. The number of hydrogen-bond donors (Lipinski definition) is 0. The third-order valence-electron chi connectivity index (χ3n) is 3.84. The first-order valence-corrected chi connectivity index (χ1v) is 7.56. The van der Waals surface area contributed by atoms with E-state index in [4.69, 9.17) is 23.7 Å². The second-order valence-electron chi connectivity index (χ2n) is 5.35. The molecule has 2 aliphatic heterocycles. The Bertz CT molecular complexity index is 604. The highest BCUT2D eigenvalue weighted by atomic mass is 16.7. The number of hydrogen-bond acceptors (Lipinski definition) is 8. The predicted octanol–water partition coefficient (Wildman–Crippen LogP) is 1.68. The lowest BCUT2D eigenvalue weighted by molar-refractivity contribution is -0.384. The monoisotopic (exact) mass is 339 g/mol. The number of rotatable bonds is 5. The first-order chi connectivity index (χ1) is 11.6. The molecule has 24 heavy (non-hydrogen) atoms. The van der Waals surface area contributed by atoms with Crippen molar-refractivity contribution in [2.24, 2.45) is 0 Å². The van der Waals surface area contributed by atoms with Crippen molar-refractivity contribution in [2.75, 3.05) is 19.8 Å². The van der Waals surface area contributed by atoms with Crippen LogP contribution in [0.25, 0.3) is 0 Å². The largest absolute Gasteiger partial charge is 0.514 e. The summed E-state index contributed by atoms with van der Waals surface area (Å²) < 4.78 is 26.9. The van der Waals surface area contributed by atoms with Gasteiger partial charge in [-0.3, -0.25) is 10.1 Å². The third-order valence-corrected chi connectivity index (χ3v) is 3.84. The molecule has 0 spiro atoms. The zero-order chi connectivity index (χ0) is 17.1. The lowest BCUT2D eigenvalue weighted by atomic mass is 10.1. The Balaban J connectivity index is 1.53. The van der Waals surface area contributed by atoms with Crippen molar-refractivity contribution in [1.82, 2.24) is 0 Å². The first kappa shape index (κ1) is 16.6. The van der Waals surface area contributed by atoms with Gasteiger partial charge < -0.3 is 23.7 Å². The highest BCUT2D eigenvalue weighted by Crippen LogP contribution is 2.30. The lowest BCUT2D eigenvalue weighted by Gasteiger charge is -2.16. The summed E-state index contributed by atoms with van der Waals surface area (Å²) in [5.41, 5.74) is -0.0935. The minimum Gasteiger partial charge on any atom is -0.425 e. The van der Waals surface area contributed by atoms with Crippen molar-refractivity contribution in [3.8, 4) is 5.75 Å². The van der Waals surface area contributed by atoms with E-state index < -0.39 is 17.2 Å². The molecule has 9 nitrogen and oxygen atoms in total. The number of fused-ring (bicyclic) bond motifs is 1. The van der Waals surface area contributed by atoms with E-state index in [2.05, 4.69) is 0 Å². The van der Waals surface area contributed by atoms with Gasteiger partial charge in [0.25, 0.3) is 5.69 Å². The van der Waals surface area contributed by atoms with Crippen molar-refractivity contribution in [1.29, 1.82) is 0 Å². The number of ether oxygens (including phenoxy) is 5. The van der Waals surface area contributed by atoms with Gasteiger partial charge in [0.2, 0.25) is 0 Å². The molecule has 3 rings (SSSR count). The average molecular weight is 339 g/mol. The fourth-order valence-electron chi connectivity index (χ4n) is 2.77. The highest BCUT2D eigenvalue weighted by molar-refractivity contribution is 5.64. The summed E-state index contributed by atoms with van der Waals surface area (Å²) in [7, 11) is 0. The number of carbonyl (C=O) groups is 1. The van der Waals surface area contributed by atoms with E-state index in [-0.39, 0.29) is 36.4 Å². The maximum absolute atomic E-state index is 11.9. The Labute approximate surface area is 137 Å². The smallest absolute Gasteiger partial charge is 0.425 e. The van der Waals surface area contributed by atoms with Gasteiger partial charge in [-0.25, -0.2) is 4.79 Å². The molecule has 130 valence electrons. The van der Waals surface area contributed by atoms with Crippen LogP contribution in [0.2, 0.25) is 0 Å². The van der Waals surface area contributed by atoms with Gasteiger partial charge in [-0.05, 0) is 19.1 Å². The Morgan fingerprint density at radius 3 is 2.46 bits per heavy atom. The molecule has 4 unspecified atom stereocenters. The second kappa shape index (κ2) is 7.12. The van der Waals surface area contributed by atoms with Crippen molar-refractivity contribution in [3.05, 3.63) is 34.4 Å². The SMILES string of the molecule is CCOC1COC2C(OC(=O)Oc3ccc([N+](=O)[O-])cc3)COC12. The molecule has 0 saturated carbocycles. The molecule has 9 heteroatoms. The van der Waals surface area contributed by atoms with E-state index in [9.17, 15) is 14.9 Å². The van der Waals surface area contributed by atoms with Gasteiger partial charge in [0.1, 0.15) is 24.1 Å². The quantitative estimate of drug-likeness (QED) is 0.345. The summed E-state index contributed by atoms with van der Waals surface area (Å²) >= 11 is 0. The van der Waals surface area contributed by atoms with Crippen molar-refractivity contribution >= 4 is 11.8 Å². The standard InChI is InChI=1S/C15H17NO8/c1-2-20-11-7-21-14-12(8-22-13(11)14)24-15(17)23-10-5-3-9(4-6-10)16(18)19/h3-6,11-14H,2,7-8H2,1H3. The molecule has 1 aromatic rings. The van der Waals surface area contributed by atoms with Crippen LogP contribution in [0.3, 0.4) is 0 Å². The number of nitrogens with zero attached hydrogens (tertiary/aromatic N) is 1. The number of nitro benzene ring substituents is 1. The molecule has 0 aromatic heterocycles. The number of nitro groups is 1. The fraction of sp³-hybridized carbons (Fsp3) is 0.533. The summed E-state index contributed by atoms with van der Waals surface area (Å²) in [6.45, 7) is 3.03. The maximum atomic E-state index is 11.9. The second-order valence-corrected chi connectivity index (χ2v) is 5.35. The summed E-state index contributed by atoms with van der Waals surface area (Å²) in [6.07, 6.45) is -2.31. The molecular formula is C15H17NO8. The zero-order valence-corrected chi connectivity index (χ0v) is 13.0. The predicted molar refractivity (Wildman–Crippen MR) is 78.9 cm³/mol. The number of benzene rings is 1. The van der Waals surface area contributed by atoms with Crippen LogP contribution in [-0.2, 0) is 18.9 Å². The van der Waals surface area contributed by atoms with E-state index in [1.54, 1.807) is 0 Å². The molecule has 0 amide bonds. The van der Waals surface area contributed by atoms with E-state index in [1.807, 2.05) is 6.92 Å². The summed E-state index contributed by atoms with van der Waals surface area (Å²) in [5, 5.41) is 10.6. The number of carbonyl (C=O) groups excluding carboxylic acids is 1. The van der Waals surface area contributed by atoms with E-state index in [0.717, 1.165) is 0 Å². The normalized spacial score (nSPS) is 28.4. The van der Waals surface area contributed by atoms with Gasteiger partial charge in [-0.1, -0.05) is 0 Å². The van der Waals surface area contributed by atoms with Crippen molar-refractivity contribution in [2.45, 2.75) is 31.3 Å². The van der Waals surface area contributed by atoms with Crippen LogP contribution in [0.15, 0.2) is 24.3 Å². The van der Waals surface area contributed by atoms with E-state index in [1.165, 1.54) is 24.3 Å². The molecule has 0 radical (unpaired) electrons. The van der Waals surface area contributed by atoms with Gasteiger partial charge in [-0.2, -0.15) is 0 Å². The minimum absolute atomic E-state index is 0.0935. The van der Waals surface area contributed by atoms with Crippen LogP contribution < -0.4 is 4.74 Å². The van der Waals surface area contributed by atoms with Gasteiger partial charge >= 0.3 is 6.16 Å². The Kier molecular flexibility index (Phi) is 4.93. The van der Waals surface area contributed by atoms with Gasteiger partial charge in [0.15, 0.2) is 6.10 Å². The maximum Gasteiger partial charge on any atom is 0.514 e. The average Bonchev–Trinajstić information content (AvgIpc) is 3.12. The Hall–Kier alpha value is -2.23. The summed E-state index contributed by atoms with van der Waals surface area (Å²) in [5.74, 6) is 0.153. The molecule has 0 N–H and O–H groups in total. The highest BCUT2D eigenvalue weighted by Gasteiger charge is 2.50. The Morgan fingerprint density at radius 2 is 1.83 bits per heavy atom. The van der Waals surface area contributed by atoms with Gasteiger partial charge in [0.05, 0.1) is 18.1 Å². The zero-order valence-electron chi connectivity index (χ0n) is 13.0. The third kappa shape index (κ3) is 3.48. The summed E-state index contributed by atoms with van der Waals surface area (Å²) in [6, 6.07) is 5.13. The van der Waals surface area contributed by atoms with Crippen LogP contribution in [0.1, 0.15) is 6.92 Å². The molecule has 2 heterocycles. The van der Waals surface area contributed by atoms with Crippen LogP contribution in [0.5, 0.6) is 5.75 Å². The molecule has 2 fully saturated rings. The molecule has 2 saturated heterocycles. The van der Waals surface area contributed by atoms with Gasteiger partial charge in [0, 0.05) is 18.7 Å². The fourth-order valence-corrected chi connectivity index (χ4v) is 2.77. The molecule has 1 aromatic carbocycles. The minimum atomic E-state index is -0.915. The topological polar surface area (TPSA) is 106 Å². The van der Waals surface area contributed by atoms with E-state index >= 15 is 0 Å². The summed E-state index contributed by atoms with van der Waals surface area (Å²) in [4.78, 5) is 21.9. The Morgan fingerprint density at radius 1 is 1.21 bits per heavy atom. The van der Waals surface area contributed by atoms with Crippen LogP contribution in [0, 0.1) is 10.1 Å². The lowest BCUT2D eigenvalue weighted by Crippen LogP contribution is -2.35. The molecule has 2 aliphatic rings. The molecule has 0 bridgehead atoms. The van der Waals surface area contributed by atoms with Crippen LogP contribution in [0.4, 0.5) is 10.5 Å². The number of non-ortho nitro benzene ring substituents is 1. The van der Waals surface area contributed by atoms with Crippen molar-refractivity contribution < 1.29 is 33.4 Å². The molecule has 4 atom stereocenters. The molecule has 0 aliphatic carbocycles. The van der Waals surface area contributed by atoms with Crippen molar-refractivity contribution in [3.63, 3.8) is 0 Å². The van der Waals surface area contributed by atoms with E-state index in [0.29, 0.717) is 13.2 Å². The molecular weight excluding hydrogens is 322 g/mol. The van der Waals surface area contributed by atoms with Crippen LogP contribution in [-0.4, -0.2) is 55.3 Å². The van der Waals surface area contributed by atoms with Crippen LogP contribution >= 0.6 is 0 Å².